The molecule has 18 heavy (non-hydrogen) atoms. The number of rotatable bonds is 4. The van der Waals surface area contributed by atoms with Crippen molar-refractivity contribution in [3.63, 3.8) is 0 Å². The van der Waals surface area contributed by atoms with Gasteiger partial charge in [0.15, 0.2) is 5.82 Å². The molecule has 1 N–H and O–H groups in total. The van der Waals surface area contributed by atoms with Crippen LogP contribution < -0.4 is 4.90 Å². The lowest BCUT2D eigenvalue weighted by Gasteiger charge is -2.15. The number of nitrogens with zero attached hydrogens (tertiary/aromatic N) is 3. The van der Waals surface area contributed by atoms with Gasteiger partial charge in [-0.25, -0.2) is 9.97 Å². The number of hydrogen-bond acceptors (Lipinski definition) is 4. The van der Waals surface area contributed by atoms with Crippen molar-refractivity contribution in [1.29, 1.82) is 0 Å². The normalized spacial score (nSPS) is 10.1. The van der Waals surface area contributed by atoms with Gasteiger partial charge in [0, 0.05) is 18.8 Å². The van der Waals surface area contributed by atoms with E-state index in [1.165, 1.54) is 0 Å². The van der Waals surface area contributed by atoms with E-state index >= 15 is 0 Å². The van der Waals surface area contributed by atoms with Crippen LogP contribution in [0.25, 0.3) is 11.4 Å². The Balaban J connectivity index is 2.28. The molecule has 0 amide bonds. The zero-order chi connectivity index (χ0) is 13.0. The van der Waals surface area contributed by atoms with E-state index in [0.29, 0.717) is 11.6 Å². The molecule has 0 spiro atoms. The second-order valence-corrected chi connectivity index (χ2v) is 3.85. The predicted molar refractivity (Wildman–Crippen MR) is 68.4 cm³/mol. The second kappa shape index (κ2) is 5.27. The molecule has 1 aromatic heterocycles. The topological polar surface area (TPSA) is 66.3 Å². The van der Waals surface area contributed by atoms with Gasteiger partial charge in [0.1, 0.15) is 12.4 Å². The van der Waals surface area contributed by atoms with E-state index in [4.69, 9.17) is 5.11 Å². The Hall–Kier alpha value is -2.43. The van der Waals surface area contributed by atoms with Crippen LogP contribution in [0.15, 0.2) is 42.6 Å². The molecule has 1 heterocycles. The van der Waals surface area contributed by atoms with Crippen molar-refractivity contribution in [2.45, 2.75) is 0 Å². The number of carbonyl (C=O) groups is 1. The smallest absolute Gasteiger partial charge is 0.323 e. The number of carboxylic acids is 1. The van der Waals surface area contributed by atoms with Crippen LogP contribution in [0.3, 0.4) is 0 Å². The molecule has 0 bridgehead atoms. The van der Waals surface area contributed by atoms with E-state index in [1.807, 2.05) is 30.3 Å². The van der Waals surface area contributed by atoms with E-state index in [2.05, 4.69) is 9.97 Å². The van der Waals surface area contributed by atoms with Crippen LogP contribution in [0.2, 0.25) is 0 Å². The molecule has 0 saturated heterocycles. The Morgan fingerprint density at radius 1 is 1.28 bits per heavy atom. The molecule has 5 heteroatoms. The lowest BCUT2D eigenvalue weighted by Crippen LogP contribution is -2.26. The molecule has 0 radical (unpaired) electrons. The summed E-state index contributed by atoms with van der Waals surface area (Å²) >= 11 is 0. The number of aliphatic carboxylic acids is 1. The van der Waals surface area contributed by atoms with Gasteiger partial charge in [0.25, 0.3) is 0 Å². The molecule has 2 aromatic rings. The molecule has 0 atom stereocenters. The lowest BCUT2D eigenvalue weighted by atomic mass is 10.2. The molecule has 1 aromatic carbocycles. The standard InChI is InChI=1S/C13H13N3O2/c1-16(9-12(17)18)11-7-8-14-13(15-11)10-5-3-2-4-6-10/h2-8H,9H2,1H3,(H,17,18). The zero-order valence-corrected chi connectivity index (χ0v) is 9.95. The highest BCUT2D eigenvalue weighted by atomic mass is 16.4. The Morgan fingerprint density at radius 3 is 2.67 bits per heavy atom. The number of benzene rings is 1. The SMILES string of the molecule is CN(CC(=O)O)c1ccnc(-c2ccccc2)n1. The summed E-state index contributed by atoms with van der Waals surface area (Å²) in [7, 11) is 1.69. The van der Waals surface area contributed by atoms with Crippen molar-refractivity contribution in [3.05, 3.63) is 42.6 Å². The Morgan fingerprint density at radius 2 is 2.00 bits per heavy atom. The van der Waals surface area contributed by atoms with Gasteiger partial charge in [0.2, 0.25) is 0 Å². The van der Waals surface area contributed by atoms with Gasteiger partial charge in [-0.05, 0) is 6.07 Å². The molecule has 0 aliphatic rings. The maximum absolute atomic E-state index is 10.7. The van der Waals surface area contributed by atoms with Crippen LogP contribution in [0, 0.1) is 0 Å². The highest BCUT2D eigenvalue weighted by Crippen LogP contribution is 2.16. The van der Waals surface area contributed by atoms with Crippen LogP contribution in [-0.4, -0.2) is 34.6 Å². The number of carboxylic acid groups (broad SMARTS) is 1. The third-order valence-corrected chi connectivity index (χ3v) is 2.44. The fraction of sp³-hybridized carbons (Fsp3) is 0.154. The van der Waals surface area contributed by atoms with Crippen molar-refractivity contribution in [3.8, 4) is 11.4 Å². The Kier molecular flexibility index (Phi) is 3.52. The van der Waals surface area contributed by atoms with E-state index in [-0.39, 0.29) is 6.54 Å². The minimum Gasteiger partial charge on any atom is -0.480 e. The molecule has 5 nitrogen and oxygen atoms in total. The quantitative estimate of drug-likeness (QED) is 0.884. The Labute approximate surface area is 105 Å². The van der Waals surface area contributed by atoms with Crippen molar-refractivity contribution in [2.24, 2.45) is 0 Å². The van der Waals surface area contributed by atoms with Gasteiger partial charge in [-0.3, -0.25) is 4.79 Å². The van der Waals surface area contributed by atoms with Gasteiger partial charge in [-0.1, -0.05) is 30.3 Å². The van der Waals surface area contributed by atoms with Crippen molar-refractivity contribution >= 4 is 11.8 Å². The largest absolute Gasteiger partial charge is 0.480 e. The first-order valence-electron chi connectivity index (χ1n) is 5.48. The summed E-state index contributed by atoms with van der Waals surface area (Å²) in [5.41, 5.74) is 0.906. The first kappa shape index (κ1) is 12.0. The highest BCUT2D eigenvalue weighted by molar-refractivity contribution is 5.73. The maximum Gasteiger partial charge on any atom is 0.323 e. The number of hydrogen-bond donors (Lipinski definition) is 1. The summed E-state index contributed by atoms with van der Waals surface area (Å²) < 4.78 is 0. The first-order chi connectivity index (χ1) is 8.66. The summed E-state index contributed by atoms with van der Waals surface area (Å²) in [6, 6.07) is 11.3. The predicted octanol–water partition coefficient (Wildman–Crippen LogP) is 1.66. The monoisotopic (exact) mass is 243 g/mol. The third kappa shape index (κ3) is 2.82. The second-order valence-electron chi connectivity index (χ2n) is 3.85. The highest BCUT2D eigenvalue weighted by Gasteiger charge is 2.08. The van der Waals surface area contributed by atoms with Crippen LogP contribution >= 0.6 is 0 Å². The molecule has 2 rings (SSSR count). The summed E-state index contributed by atoms with van der Waals surface area (Å²) in [6.07, 6.45) is 1.63. The van der Waals surface area contributed by atoms with E-state index < -0.39 is 5.97 Å². The van der Waals surface area contributed by atoms with E-state index in [1.54, 1.807) is 24.2 Å². The molecule has 0 aliphatic carbocycles. The summed E-state index contributed by atoms with van der Waals surface area (Å²) in [4.78, 5) is 20.8. The summed E-state index contributed by atoms with van der Waals surface area (Å²) in [6.45, 7) is -0.0920. The molecular weight excluding hydrogens is 230 g/mol. The fourth-order valence-electron chi connectivity index (χ4n) is 1.57. The van der Waals surface area contributed by atoms with Crippen molar-refractivity contribution < 1.29 is 9.90 Å². The van der Waals surface area contributed by atoms with Gasteiger partial charge >= 0.3 is 5.97 Å². The van der Waals surface area contributed by atoms with Gasteiger partial charge in [0.05, 0.1) is 0 Å². The minimum atomic E-state index is -0.891. The summed E-state index contributed by atoms with van der Waals surface area (Å²) in [5.74, 6) is 0.286. The van der Waals surface area contributed by atoms with E-state index in [0.717, 1.165) is 5.56 Å². The number of anilines is 1. The molecule has 92 valence electrons. The fourth-order valence-corrected chi connectivity index (χ4v) is 1.57. The van der Waals surface area contributed by atoms with Crippen LogP contribution in [0.4, 0.5) is 5.82 Å². The minimum absolute atomic E-state index is 0.0920. The maximum atomic E-state index is 10.7. The summed E-state index contributed by atoms with van der Waals surface area (Å²) in [5, 5.41) is 8.75. The average Bonchev–Trinajstić information content (AvgIpc) is 2.39. The third-order valence-electron chi connectivity index (χ3n) is 2.44. The van der Waals surface area contributed by atoms with Crippen LogP contribution in [0.1, 0.15) is 0 Å². The first-order valence-corrected chi connectivity index (χ1v) is 5.48. The molecule has 0 saturated carbocycles. The van der Waals surface area contributed by atoms with Gasteiger partial charge in [-0.2, -0.15) is 0 Å². The van der Waals surface area contributed by atoms with Crippen LogP contribution in [-0.2, 0) is 4.79 Å². The molecule has 0 aliphatic heterocycles. The van der Waals surface area contributed by atoms with E-state index in [9.17, 15) is 4.79 Å². The number of aromatic nitrogens is 2. The van der Waals surface area contributed by atoms with Crippen LogP contribution in [0.5, 0.6) is 0 Å². The molecule has 0 fully saturated rings. The lowest BCUT2D eigenvalue weighted by molar-refractivity contribution is -0.135. The molecule has 0 unspecified atom stereocenters. The number of likely N-dealkylation sites (N-methyl/N-ethyl adjacent to an activating group) is 1. The van der Waals surface area contributed by atoms with Crippen molar-refractivity contribution in [2.75, 3.05) is 18.5 Å². The molecular formula is C13H13N3O2. The zero-order valence-electron chi connectivity index (χ0n) is 9.95. The van der Waals surface area contributed by atoms with Gasteiger partial charge < -0.3 is 10.0 Å². The Bertz CT molecular complexity index is 543. The average molecular weight is 243 g/mol. The van der Waals surface area contributed by atoms with Crippen molar-refractivity contribution in [1.82, 2.24) is 9.97 Å². The van der Waals surface area contributed by atoms with Gasteiger partial charge in [-0.15, -0.1) is 0 Å².